The molecule has 164 valence electrons. The van der Waals surface area contributed by atoms with Crippen molar-refractivity contribution in [3.63, 3.8) is 0 Å². The van der Waals surface area contributed by atoms with Gasteiger partial charge < -0.3 is 10.0 Å². The Morgan fingerprint density at radius 2 is 1.94 bits per heavy atom. The minimum atomic E-state index is -0.698. The summed E-state index contributed by atoms with van der Waals surface area (Å²) in [5, 5.41) is 26.0. The Labute approximate surface area is 187 Å². The number of hydrogen-bond donors (Lipinski definition) is 1. The summed E-state index contributed by atoms with van der Waals surface area (Å²) in [6.45, 7) is 5.39. The molecule has 3 aromatic rings. The van der Waals surface area contributed by atoms with Crippen LogP contribution in [-0.2, 0) is 5.41 Å². The molecule has 0 bridgehead atoms. The quantitative estimate of drug-likeness (QED) is 0.681. The predicted octanol–water partition coefficient (Wildman–Crippen LogP) is 3.75. The molecule has 1 saturated heterocycles. The van der Waals surface area contributed by atoms with Crippen LogP contribution in [0.2, 0.25) is 0 Å². The highest BCUT2D eigenvalue weighted by molar-refractivity contribution is 5.81. The first kappa shape index (κ1) is 19.7. The summed E-state index contributed by atoms with van der Waals surface area (Å²) in [7, 11) is 0. The molecule has 1 N–H and O–H groups in total. The molecule has 7 heteroatoms. The van der Waals surface area contributed by atoms with Crippen molar-refractivity contribution in [2.45, 2.75) is 57.0 Å². The first-order valence-corrected chi connectivity index (χ1v) is 11.5. The van der Waals surface area contributed by atoms with Crippen LogP contribution in [0.15, 0.2) is 36.8 Å². The molecule has 2 saturated carbocycles. The van der Waals surface area contributed by atoms with E-state index in [1.807, 2.05) is 30.8 Å². The van der Waals surface area contributed by atoms with Gasteiger partial charge in [-0.1, -0.05) is 12.1 Å². The van der Waals surface area contributed by atoms with Gasteiger partial charge in [0.15, 0.2) is 5.82 Å². The van der Waals surface area contributed by atoms with E-state index in [0.717, 1.165) is 54.6 Å². The Bertz CT molecular complexity index is 1240. The molecular weight excluding hydrogens is 400 g/mol. The number of anilines is 1. The molecule has 0 amide bonds. The van der Waals surface area contributed by atoms with E-state index in [9.17, 15) is 10.4 Å². The SMILES string of the molecule is CC(C)(O)[C@@H]1CCN(c2cc(-n3ncc4ccc(C5(C#N)CC6(CC6)C5)cc43)ncn2)C1. The molecule has 3 aliphatic rings. The van der Waals surface area contributed by atoms with E-state index in [2.05, 4.69) is 44.2 Å². The summed E-state index contributed by atoms with van der Waals surface area (Å²) >= 11 is 0. The van der Waals surface area contributed by atoms with E-state index in [1.165, 1.54) is 12.8 Å². The maximum absolute atomic E-state index is 10.4. The summed E-state index contributed by atoms with van der Waals surface area (Å²) in [6, 6.07) is 10.9. The first-order valence-electron chi connectivity index (χ1n) is 11.5. The summed E-state index contributed by atoms with van der Waals surface area (Å²) in [5.74, 6) is 1.78. The molecule has 1 aliphatic heterocycles. The molecule has 0 radical (unpaired) electrons. The van der Waals surface area contributed by atoms with Crippen LogP contribution in [-0.4, -0.2) is 43.5 Å². The molecule has 1 aromatic carbocycles. The fourth-order valence-electron chi connectivity index (χ4n) is 5.78. The molecule has 3 heterocycles. The van der Waals surface area contributed by atoms with Crippen molar-refractivity contribution in [3.05, 3.63) is 42.4 Å². The maximum Gasteiger partial charge on any atom is 0.159 e. The topological polar surface area (TPSA) is 90.9 Å². The number of hydrogen-bond acceptors (Lipinski definition) is 6. The van der Waals surface area contributed by atoms with Gasteiger partial charge in [0.25, 0.3) is 0 Å². The number of rotatable bonds is 4. The van der Waals surface area contributed by atoms with Crippen LogP contribution in [0.1, 0.15) is 51.5 Å². The zero-order valence-corrected chi connectivity index (χ0v) is 18.6. The molecule has 2 aromatic heterocycles. The second kappa shape index (κ2) is 6.52. The van der Waals surface area contributed by atoms with Crippen molar-refractivity contribution in [2.24, 2.45) is 11.3 Å². The Morgan fingerprint density at radius 3 is 2.62 bits per heavy atom. The lowest BCUT2D eigenvalue weighted by molar-refractivity contribution is 0.0263. The number of fused-ring (bicyclic) bond motifs is 1. The summed E-state index contributed by atoms with van der Waals surface area (Å²) < 4.78 is 1.85. The fourth-order valence-corrected chi connectivity index (χ4v) is 5.78. The van der Waals surface area contributed by atoms with Crippen molar-refractivity contribution >= 4 is 16.7 Å². The average Bonchev–Trinajstić information content (AvgIpc) is 3.19. The third kappa shape index (κ3) is 3.01. The molecule has 0 unspecified atom stereocenters. The monoisotopic (exact) mass is 428 g/mol. The molecule has 2 aliphatic carbocycles. The molecule has 3 fully saturated rings. The van der Waals surface area contributed by atoms with Gasteiger partial charge >= 0.3 is 0 Å². The van der Waals surface area contributed by atoms with Crippen LogP contribution in [0.3, 0.4) is 0 Å². The number of benzene rings is 1. The van der Waals surface area contributed by atoms with Gasteiger partial charge in [-0.2, -0.15) is 10.4 Å². The normalized spacial score (nSPS) is 23.3. The van der Waals surface area contributed by atoms with Gasteiger partial charge in [-0.05, 0) is 63.0 Å². The molecular formula is C25H28N6O. The van der Waals surface area contributed by atoms with Gasteiger partial charge in [0.1, 0.15) is 12.1 Å². The highest BCUT2D eigenvalue weighted by Crippen LogP contribution is 2.68. The molecule has 32 heavy (non-hydrogen) atoms. The van der Waals surface area contributed by atoms with Crippen molar-refractivity contribution in [1.29, 1.82) is 5.26 Å². The van der Waals surface area contributed by atoms with Gasteiger partial charge in [-0.25, -0.2) is 14.6 Å². The number of aromatic nitrogens is 4. The minimum Gasteiger partial charge on any atom is -0.390 e. The Balaban J connectivity index is 1.33. The lowest BCUT2D eigenvalue weighted by Gasteiger charge is -2.44. The van der Waals surface area contributed by atoms with Crippen LogP contribution in [0.5, 0.6) is 0 Å². The maximum atomic E-state index is 10.4. The van der Waals surface area contributed by atoms with Gasteiger partial charge in [-0.15, -0.1) is 0 Å². The van der Waals surface area contributed by atoms with E-state index in [-0.39, 0.29) is 11.3 Å². The predicted molar refractivity (Wildman–Crippen MR) is 121 cm³/mol. The molecule has 7 nitrogen and oxygen atoms in total. The van der Waals surface area contributed by atoms with E-state index in [0.29, 0.717) is 11.2 Å². The minimum absolute atomic E-state index is 0.216. The standard InChI is InChI=1S/C25H28N6O/c1-23(2,32)19-5-8-30(12-19)21-10-22(28-16-27-21)31-20-9-18(4-3-17(20)11-29-31)25(15-26)13-24(14-25)6-7-24/h3-4,9-11,16,19,32H,5-8,12-14H2,1-2H3/t19-/m1/s1. The zero-order chi connectivity index (χ0) is 22.1. The van der Waals surface area contributed by atoms with E-state index < -0.39 is 5.60 Å². The number of nitrogens with zero attached hydrogens (tertiary/aromatic N) is 6. The molecule has 1 atom stereocenters. The van der Waals surface area contributed by atoms with Crippen molar-refractivity contribution in [1.82, 2.24) is 19.7 Å². The summed E-state index contributed by atoms with van der Waals surface area (Å²) in [4.78, 5) is 11.2. The highest BCUT2D eigenvalue weighted by Gasteiger charge is 2.61. The van der Waals surface area contributed by atoms with Crippen molar-refractivity contribution in [2.75, 3.05) is 18.0 Å². The van der Waals surface area contributed by atoms with Gasteiger partial charge in [0.2, 0.25) is 0 Å². The number of aliphatic hydroxyl groups is 1. The second-order valence-electron chi connectivity index (χ2n) is 10.7. The fraction of sp³-hybridized carbons (Fsp3) is 0.520. The van der Waals surface area contributed by atoms with E-state index in [4.69, 9.17) is 0 Å². The zero-order valence-electron chi connectivity index (χ0n) is 18.6. The van der Waals surface area contributed by atoms with Crippen LogP contribution < -0.4 is 4.90 Å². The molecule has 6 rings (SSSR count). The Morgan fingerprint density at radius 1 is 1.16 bits per heavy atom. The highest BCUT2D eigenvalue weighted by atomic mass is 16.3. The van der Waals surface area contributed by atoms with E-state index in [1.54, 1.807) is 6.33 Å². The number of nitriles is 1. The molecule has 1 spiro atoms. The van der Waals surface area contributed by atoms with Crippen molar-refractivity contribution < 1.29 is 5.11 Å². The summed E-state index contributed by atoms with van der Waals surface area (Å²) in [5.41, 5.74) is 1.45. The van der Waals surface area contributed by atoms with Crippen LogP contribution in [0.25, 0.3) is 16.7 Å². The van der Waals surface area contributed by atoms with Gasteiger partial charge in [-0.3, -0.25) is 0 Å². The van der Waals surface area contributed by atoms with Gasteiger partial charge in [0, 0.05) is 30.5 Å². The van der Waals surface area contributed by atoms with E-state index >= 15 is 0 Å². The Hall–Kier alpha value is -2.98. The first-order chi connectivity index (χ1) is 15.3. The largest absolute Gasteiger partial charge is 0.390 e. The van der Waals surface area contributed by atoms with Gasteiger partial charge in [0.05, 0.1) is 28.8 Å². The smallest absolute Gasteiger partial charge is 0.159 e. The summed E-state index contributed by atoms with van der Waals surface area (Å²) in [6.07, 6.45) is 8.86. The van der Waals surface area contributed by atoms with Crippen LogP contribution in [0, 0.1) is 22.7 Å². The lowest BCUT2D eigenvalue weighted by Crippen LogP contribution is -2.41. The average molecular weight is 429 g/mol. The second-order valence-corrected chi connectivity index (χ2v) is 10.7. The Kier molecular flexibility index (Phi) is 4.01. The van der Waals surface area contributed by atoms with Crippen LogP contribution >= 0.6 is 0 Å². The lowest BCUT2D eigenvalue weighted by atomic mass is 9.57. The third-order valence-electron chi connectivity index (χ3n) is 8.01. The van der Waals surface area contributed by atoms with Crippen molar-refractivity contribution in [3.8, 4) is 11.9 Å². The van der Waals surface area contributed by atoms with Crippen LogP contribution in [0.4, 0.5) is 5.82 Å². The third-order valence-corrected chi connectivity index (χ3v) is 8.01.